The Balaban J connectivity index is 1.33. The van der Waals surface area contributed by atoms with E-state index in [1.807, 2.05) is 54.7 Å². The average molecular weight is 426 g/mol. The minimum atomic E-state index is -0.105. The van der Waals surface area contributed by atoms with E-state index in [4.69, 9.17) is 5.73 Å². The third-order valence-electron chi connectivity index (χ3n) is 5.40. The van der Waals surface area contributed by atoms with E-state index in [0.717, 1.165) is 23.2 Å². The van der Waals surface area contributed by atoms with Crippen molar-refractivity contribution in [3.63, 3.8) is 0 Å². The smallest absolute Gasteiger partial charge is 0.224 e. The molecule has 0 aliphatic rings. The minimum absolute atomic E-state index is 0.105. The summed E-state index contributed by atoms with van der Waals surface area (Å²) in [4.78, 5) is 12.5. The molecule has 3 N–H and O–H groups in total. The summed E-state index contributed by atoms with van der Waals surface area (Å²) in [5, 5.41) is 11.3. The maximum Gasteiger partial charge on any atom is 0.224 e. The second kappa shape index (κ2) is 9.92. The van der Waals surface area contributed by atoms with Crippen LogP contribution >= 0.6 is 0 Å². The number of rotatable bonds is 8. The van der Waals surface area contributed by atoms with Crippen molar-refractivity contribution in [2.75, 3.05) is 11.1 Å². The van der Waals surface area contributed by atoms with Crippen LogP contribution in [0, 0.1) is 0 Å². The highest BCUT2D eigenvalue weighted by Crippen LogP contribution is 2.27. The number of aromatic nitrogens is 3. The Morgan fingerprint density at radius 3 is 2.47 bits per heavy atom. The van der Waals surface area contributed by atoms with Crippen LogP contribution in [-0.2, 0) is 24.2 Å². The van der Waals surface area contributed by atoms with Gasteiger partial charge in [-0.3, -0.25) is 4.79 Å². The van der Waals surface area contributed by atoms with Crippen molar-refractivity contribution in [2.24, 2.45) is 0 Å². The summed E-state index contributed by atoms with van der Waals surface area (Å²) < 4.78 is 1.80. The van der Waals surface area contributed by atoms with Crippen molar-refractivity contribution in [1.82, 2.24) is 15.0 Å². The van der Waals surface area contributed by atoms with Gasteiger partial charge in [0.05, 0.1) is 23.6 Å². The molecule has 0 unspecified atom stereocenters. The molecule has 1 amide bonds. The van der Waals surface area contributed by atoms with E-state index in [0.29, 0.717) is 30.8 Å². The fourth-order valence-electron chi connectivity index (χ4n) is 3.53. The fraction of sp³-hybridized carbons (Fsp3) is 0.192. The Morgan fingerprint density at radius 2 is 1.72 bits per heavy atom. The lowest BCUT2D eigenvalue weighted by molar-refractivity contribution is -0.116. The number of benzene rings is 3. The van der Waals surface area contributed by atoms with Gasteiger partial charge in [-0.05, 0) is 40.8 Å². The zero-order valence-corrected chi connectivity index (χ0v) is 18.2. The lowest BCUT2D eigenvalue weighted by Crippen LogP contribution is -2.13. The van der Waals surface area contributed by atoms with E-state index >= 15 is 0 Å². The summed E-state index contributed by atoms with van der Waals surface area (Å²) >= 11 is 0. The molecule has 0 aliphatic carbocycles. The number of nitrogens with zero attached hydrogens (tertiary/aromatic N) is 3. The third-order valence-corrected chi connectivity index (χ3v) is 5.40. The second-order valence-electron chi connectivity index (χ2n) is 7.79. The number of hydrogen-bond donors (Lipinski definition) is 2. The highest BCUT2D eigenvalue weighted by Gasteiger charge is 2.10. The van der Waals surface area contributed by atoms with Gasteiger partial charge in [0.25, 0.3) is 0 Å². The molecule has 4 aromatic rings. The van der Waals surface area contributed by atoms with E-state index in [1.165, 1.54) is 11.1 Å². The summed E-state index contributed by atoms with van der Waals surface area (Å²) in [6.07, 6.45) is 3.74. The van der Waals surface area contributed by atoms with Crippen molar-refractivity contribution in [2.45, 2.75) is 32.7 Å². The molecule has 162 valence electrons. The van der Waals surface area contributed by atoms with Crippen LogP contribution in [0.1, 0.15) is 30.2 Å². The molecule has 0 fully saturated rings. The number of hydrogen-bond acceptors (Lipinski definition) is 4. The second-order valence-corrected chi connectivity index (χ2v) is 7.79. The molecule has 1 heterocycles. The maximum atomic E-state index is 12.5. The van der Waals surface area contributed by atoms with E-state index in [9.17, 15) is 4.79 Å². The van der Waals surface area contributed by atoms with Gasteiger partial charge in [-0.15, -0.1) is 5.10 Å². The Hall–Kier alpha value is -3.93. The lowest BCUT2D eigenvalue weighted by atomic mass is 10.0. The van der Waals surface area contributed by atoms with Crippen molar-refractivity contribution in [1.29, 1.82) is 0 Å². The van der Waals surface area contributed by atoms with Gasteiger partial charge in [0.2, 0.25) is 5.91 Å². The van der Waals surface area contributed by atoms with Gasteiger partial charge in [0.15, 0.2) is 0 Å². The highest BCUT2D eigenvalue weighted by atomic mass is 16.1. The van der Waals surface area contributed by atoms with E-state index in [1.54, 1.807) is 4.68 Å². The molecule has 3 aromatic carbocycles. The Morgan fingerprint density at radius 1 is 0.969 bits per heavy atom. The number of aryl methyl sites for hydroxylation is 2. The minimum Gasteiger partial charge on any atom is -0.397 e. The molecule has 0 spiro atoms. The quantitative estimate of drug-likeness (QED) is 0.400. The number of nitrogens with one attached hydrogen (secondary N) is 1. The molecule has 0 radical (unpaired) electrons. The van der Waals surface area contributed by atoms with Gasteiger partial charge >= 0.3 is 0 Å². The highest BCUT2D eigenvalue weighted by molar-refractivity contribution is 5.95. The van der Waals surface area contributed by atoms with Crippen LogP contribution < -0.4 is 11.1 Å². The monoisotopic (exact) mass is 425 g/mol. The standard InChI is InChI=1S/C26H27N5O/c1-2-19-8-10-20(11-9-19)17-31-18-23(29-30-31)13-15-26(32)28-25-16-22(12-14-24(25)27)21-6-4-3-5-7-21/h3-12,14,16,18H,2,13,15,17,27H2,1H3,(H,28,32). The normalized spacial score (nSPS) is 10.8. The molecular weight excluding hydrogens is 398 g/mol. The predicted molar refractivity (Wildman–Crippen MR) is 128 cm³/mol. The first-order valence-electron chi connectivity index (χ1n) is 10.8. The Labute approximate surface area is 188 Å². The van der Waals surface area contributed by atoms with Crippen LogP contribution in [-0.4, -0.2) is 20.9 Å². The summed E-state index contributed by atoms with van der Waals surface area (Å²) in [6, 6.07) is 24.2. The zero-order chi connectivity index (χ0) is 22.3. The van der Waals surface area contributed by atoms with Gasteiger partial charge < -0.3 is 11.1 Å². The van der Waals surface area contributed by atoms with Crippen LogP contribution in [0.25, 0.3) is 11.1 Å². The van der Waals surface area contributed by atoms with Crippen molar-refractivity contribution >= 4 is 17.3 Å². The first-order valence-corrected chi connectivity index (χ1v) is 10.8. The maximum absolute atomic E-state index is 12.5. The summed E-state index contributed by atoms with van der Waals surface area (Å²) in [6.45, 7) is 2.80. The van der Waals surface area contributed by atoms with Gasteiger partial charge in [0, 0.05) is 19.0 Å². The molecule has 0 saturated heterocycles. The summed E-state index contributed by atoms with van der Waals surface area (Å²) in [5.41, 5.74) is 12.6. The van der Waals surface area contributed by atoms with E-state index in [2.05, 4.69) is 46.8 Å². The number of amides is 1. The number of nitrogen functional groups attached to an aromatic ring is 1. The molecule has 0 bridgehead atoms. The Kier molecular flexibility index (Phi) is 6.60. The molecular formula is C26H27N5O. The van der Waals surface area contributed by atoms with Crippen molar-refractivity contribution in [3.05, 3.63) is 95.8 Å². The molecule has 6 nitrogen and oxygen atoms in total. The van der Waals surface area contributed by atoms with E-state index in [-0.39, 0.29) is 5.91 Å². The predicted octanol–water partition coefficient (Wildman–Crippen LogP) is 4.71. The molecule has 32 heavy (non-hydrogen) atoms. The molecule has 1 aromatic heterocycles. The first-order chi connectivity index (χ1) is 15.6. The summed E-state index contributed by atoms with van der Waals surface area (Å²) in [5.74, 6) is -0.105. The van der Waals surface area contributed by atoms with Gasteiger partial charge in [-0.25, -0.2) is 4.68 Å². The Bertz CT molecular complexity index is 1180. The molecule has 0 atom stereocenters. The molecule has 0 aliphatic heterocycles. The van der Waals surface area contributed by atoms with Crippen LogP contribution in [0.2, 0.25) is 0 Å². The zero-order valence-electron chi connectivity index (χ0n) is 18.2. The number of carbonyl (C=O) groups excluding carboxylic acids is 1. The third kappa shape index (κ3) is 5.40. The van der Waals surface area contributed by atoms with E-state index < -0.39 is 0 Å². The van der Waals surface area contributed by atoms with Gasteiger partial charge in [-0.1, -0.05) is 72.8 Å². The summed E-state index contributed by atoms with van der Waals surface area (Å²) in [7, 11) is 0. The fourth-order valence-corrected chi connectivity index (χ4v) is 3.53. The van der Waals surface area contributed by atoms with Crippen molar-refractivity contribution < 1.29 is 4.79 Å². The molecule has 6 heteroatoms. The average Bonchev–Trinajstić information content (AvgIpc) is 3.27. The van der Waals surface area contributed by atoms with Gasteiger partial charge in [0.1, 0.15) is 0 Å². The topological polar surface area (TPSA) is 85.8 Å². The first kappa shape index (κ1) is 21.3. The van der Waals surface area contributed by atoms with Crippen LogP contribution in [0.5, 0.6) is 0 Å². The largest absolute Gasteiger partial charge is 0.397 e. The van der Waals surface area contributed by atoms with Crippen LogP contribution in [0.15, 0.2) is 79.0 Å². The molecule has 0 saturated carbocycles. The van der Waals surface area contributed by atoms with Gasteiger partial charge in [-0.2, -0.15) is 0 Å². The SMILES string of the molecule is CCc1ccc(Cn2cc(CCC(=O)Nc3cc(-c4ccccc4)ccc3N)nn2)cc1. The van der Waals surface area contributed by atoms with Crippen LogP contribution in [0.3, 0.4) is 0 Å². The number of carbonyl (C=O) groups is 1. The molecule has 4 rings (SSSR count). The lowest BCUT2D eigenvalue weighted by Gasteiger charge is -2.10. The number of nitrogens with two attached hydrogens (primary N) is 1. The number of anilines is 2. The van der Waals surface area contributed by atoms with Crippen LogP contribution in [0.4, 0.5) is 11.4 Å². The van der Waals surface area contributed by atoms with Crippen molar-refractivity contribution in [3.8, 4) is 11.1 Å².